The summed E-state index contributed by atoms with van der Waals surface area (Å²) in [6.45, 7) is 0. The quantitative estimate of drug-likeness (QED) is 0.427. The molecule has 7 heteroatoms. The zero-order valence-electron chi connectivity index (χ0n) is 19.6. The fourth-order valence-electron chi connectivity index (χ4n) is 4.49. The van der Waals surface area contributed by atoms with E-state index in [1.54, 1.807) is 21.3 Å². The van der Waals surface area contributed by atoms with Gasteiger partial charge < -0.3 is 14.2 Å². The molecule has 3 aromatic rings. The summed E-state index contributed by atoms with van der Waals surface area (Å²) in [4.78, 5) is 14.4. The normalized spacial score (nSPS) is 20.2. The fourth-order valence-corrected chi connectivity index (χ4v) is 5.58. The van der Waals surface area contributed by atoms with Crippen molar-refractivity contribution in [3.63, 3.8) is 0 Å². The summed E-state index contributed by atoms with van der Waals surface area (Å²) in [5, 5.41) is 9.81. The Kier molecular flexibility index (Phi) is 6.42. The molecule has 0 aromatic heterocycles. The van der Waals surface area contributed by atoms with Crippen molar-refractivity contribution in [2.24, 2.45) is 16.1 Å². The van der Waals surface area contributed by atoms with Crippen LogP contribution in [0.5, 0.6) is 17.2 Å². The van der Waals surface area contributed by atoms with Crippen LogP contribution < -0.4 is 14.2 Å². The molecule has 1 saturated heterocycles. The molecule has 0 amide bonds. The van der Waals surface area contributed by atoms with Gasteiger partial charge in [0.1, 0.15) is 5.04 Å². The van der Waals surface area contributed by atoms with Gasteiger partial charge in [-0.15, -0.1) is 5.10 Å². The average molecular weight is 485 g/mol. The number of methoxy groups -OCH3 is 3. The Morgan fingerprint density at radius 2 is 1.43 bits per heavy atom. The van der Waals surface area contributed by atoms with Crippen molar-refractivity contribution in [1.29, 1.82) is 0 Å². The third kappa shape index (κ3) is 4.23. The van der Waals surface area contributed by atoms with Crippen molar-refractivity contribution >= 4 is 34.4 Å². The van der Waals surface area contributed by atoms with Gasteiger partial charge in [0.05, 0.1) is 37.9 Å². The van der Waals surface area contributed by atoms with E-state index in [1.807, 2.05) is 78.9 Å². The second-order valence-electron chi connectivity index (χ2n) is 8.09. The molecule has 2 atom stereocenters. The third-order valence-electron chi connectivity index (χ3n) is 6.10. The Morgan fingerprint density at radius 1 is 0.800 bits per heavy atom. The summed E-state index contributed by atoms with van der Waals surface area (Å²) in [6.07, 6.45) is 1.85. The molecule has 0 radical (unpaired) electrons. The summed E-state index contributed by atoms with van der Waals surface area (Å²) >= 11 is 1.37. The minimum atomic E-state index is -0.427. The van der Waals surface area contributed by atoms with Crippen molar-refractivity contribution in [3.05, 3.63) is 94.4 Å². The topological polar surface area (TPSA) is 69.5 Å². The summed E-state index contributed by atoms with van der Waals surface area (Å²) < 4.78 is 16.4. The van der Waals surface area contributed by atoms with Gasteiger partial charge in [0, 0.05) is 5.92 Å². The molecule has 0 saturated carbocycles. The van der Waals surface area contributed by atoms with Crippen LogP contribution in [0, 0.1) is 5.92 Å². The van der Waals surface area contributed by atoms with Crippen molar-refractivity contribution in [3.8, 4) is 17.2 Å². The molecule has 0 bridgehead atoms. The van der Waals surface area contributed by atoms with E-state index in [1.165, 1.54) is 11.8 Å². The zero-order valence-corrected chi connectivity index (χ0v) is 20.4. The largest absolute Gasteiger partial charge is 0.493 e. The van der Waals surface area contributed by atoms with Crippen LogP contribution in [0.25, 0.3) is 6.08 Å². The van der Waals surface area contributed by atoms with E-state index in [9.17, 15) is 4.79 Å². The molecule has 0 spiro atoms. The first-order chi connectivity index (χ1) is 17.1. The molecule has 35 heavy (non-hydrogen) atoms. The number of rotatable bonds is 6. The number of Topliss-reactive ketones (excluding diaryl/α,β-unsaturated/α-hetero) is 1. The van der Waals surface area contributed by atoms with E-state index >= 15 is 0 Å². The van der Waals surface area contributed by atoms with Gasteiger partial charge in [-0.25, -0.2) is 0 Å². The van der Waals surface area contributed by atoms with Crippen LogP contribution in [0.15, 0.2) is 87.9 Å². The lowest BCUT2D eigenvalue weighted by Crippen LogP contribution is -2.32. The second-order valence-corrected chi connectivity index (χ2v) is 9.15. The molecule has 0 N–H and O–H groups in total. The van der Waals surface area contributed by atoms with Gasteiger partial charge in [0.15, 0.2) is 17.3 Å². The summed E-state index contributed by atoms with van der Waals surface area (Å²) in [7, 11) is 4.70. The number of carbonyl (C=O) groups is 1. The Labute approximate surface area is 208 Å². The Bertz CT molecular complexity index is 1320. The number of fused-ring (bicyclic) bond motifs is 1. The van der Waals surface area contributed by atoms with Gasteiger partial charge in [-0.1, -0.05) is 72.4 Å². The van der Waals surface area contributed by atoms with Crippen LogP contribution in [0.4, 0.5) is 0 Å². The van der Waals surface area contributed by atoms with Crippen LogP contribution in [0.1, 0.15) is 22.6 Å². The highest BCUT2D eigenvalue weighted by Crippen LogP contribution is 2.47. The summed E-state index contributed by atoms with van der Waals surface area (Å²) in [5.41, 5.74) is 3.57. The molecule has 176 valence electrons. The molecule has 2 unspecified atom stereocenters. The van der Waals surface area contributed by atoms with Gasteiger partial charge in [0.2, 0.25) is 5.75 Å². The Hall–Kier alpha value is -3.84. The number of benzene rings is 3. The van der Waals surface area contributed by atoms with E-state index < -0.39 is 5.92 Å². The maximum absolute atomic E-state index is 13.8. The second kappa shape index (κ2) is 9.80. The molecule has 1 fully saturated rings. The highest BCUT2D eigenvalue weighted by molar-refractivity contribution is 8.19. The standard InChI is InChI=1S/C28H24N2O4S/c1-32-20-14-17(15-21(33-2)27(20)34-3)16-22-26(31)24-23(18-10-6-4-7-11-18)25(29-30-28(24)35-22)19-12-8-5-9-13-19/h4-16,23-24H,1-3H3/b22-16+. The first-order valence-electron chi connectivity index (χ1n) is 11.1. The number of ether oxygens (including phenoxy) is 3. The van der Waals surface area contributed by atoms with Crippen LogP contribution >= 0.6 is 11.8 Å². The number of hydrogen-bond donors (Lipinski definition) is 0. The number of thioether (sulfide) groups is 1. The maximum atomic E-state index is 13.8. The average Bonchev–Trinajstić information content (AvgIpc) is 3.23. The third-order valence-corrected chi connectivity index (χ3v) is 7.19. The van der Waals surface area contributed by atoms with E-state index in [4.69, 9.17) is 14.2 Å². The number of allylic oxidation sites excluding steroid dienone is 1. The van der Waals surface area contributed by atoms with E-state index in [0.29, 0.717) is 27.2 Å². The number of ketones is 1. The fraction of sp³-hybridized carbons (Fsp3) is 0.179. The van der Waals surface area contributed by atoms with E-state index in [2.05, 4.69) is 10.2 Å². The molecular formula is C28H24N2O4S. The number of nitrogens with zero attached hydrogens (tertiary/aromatic N) is 2. The smallest absolute Gasteiger partial charge is 0.203 e. The van der Waals surface area contributed by atoms with Gasteiger partial charge in [-0.2, -0.15) is 5.10 Å². The maximum Gasteiger partial charge on any atom is 0.203 e. The van der Waals surface area contributed by atoms with Gasteiger partial charge in [0.25, 0.3) is 0 Å². The lowest BCUT2D eigenvalue weighted by molar-refractivity contribution is -0.116. The molecule has 2 aliphatic heterocycles. The predicted octanol–water partition coefficient (Wildman–Crippen LogP) is 5.59. The van der Waals surface area contributed by atoms with Crippen molar-refractivity contribution in [2.75, 3.05) is 21.3 Å². The molecule has 2 aliphatic rings. The molecule has 3 aromatic carbocycles. The Balaban J connectivity index is 1.56. The van der Waals surface area contributed by atoms with Crippen LogP contribution in [0.2, 0.25) is 0 Å². The first kappa shape index (κ1) is 22.9. The SMILES string of the molecule is COc1cc(/C=C2/SC3=NN=C(c4ccccc4)C(c4ccccc4)C3C2=O)cc(OC)c1OC. The lowest BCUT2D eigenvalue weighted by atomic mass is 9.77. The van der Waals surface area contributed by atoms with Gasteiger partial charge in [-0.3, -0.25) is 4.79 Å². The first-order valence-corrected chi connectivity index (χ1v) is 12.0. The van der Waals surface area contributed by atoms with Crippen LogP contribution in [-0.2, 0) is 4.79 Å². The summed E-state index contributed by atoms with van der Waals surface area (Å²) in [5.74, 6) is 0.937. The zero-order chi connectivity index (χ0) is 24.4. The van der Waals surface area contributed by atoms with Crippen LogP contribution in [-0.4, -0.2) is 37.9 Å². The van der Waals surface area contributed by atoms with Crippen molar-refractivity contribution < 1.29 is 19.0 Å². The summed E-state index contributed by atoms with van der Waals surface area (Å²) in [6, 6.07) is 23.6. The monoisotopic (exact) mass is 484 g/mol. The highest BCUT2D eigenvalue weighted by atomic mass is 32.2. The number of carbonyl (C=O) groups excluding carboxylic acids is 1. The number of hydrogen-bond acceptors (Lipinski definition) is 7. The van der Waals surface area contributed by atoms with E-state index in [-0.39, 0.29) is 11.7 Å². The highest BCUT2D eigenvalue weighted by Gasteiger charge is 2.46. The Morgan fingerprint density at radius 3 is 2.03 bits per heavy atom. The van der Waals surface area contributed by atoms with Crippen molar-refractivity contribution in [2.45, 2.75) is 5.92 Å². The van der Waals surface area contributed by atoms with Gasteiger partial charge >= 0.3 is 0 Å². The predicted molar refractivity (Wildman–Crippen MR) is 140 cm³/mol. The minimum absolute atomic E-state index is 0.0275. The van der Waals surface area contributed by atoms with Crippen molar-refractivity contribution in [1.82, 2.24) is 0 Å². The molecule has 6 nitrogen and oxygen atoms in total. The minimum Gasteiger partial charge on any atom is -0.493 e. The molecule has 5 rings (SSSR count). The molecular weight excluding hydrogens is 460 g/mol. The molecule has 2 heterocycles. The lowest BCUT2D eigenvalue weighted by Gasteiger charge is -2.26. The molecule has 0 aliphatic carbocycles. The van der Waals surface area contributed by atoms with Gasteiger partial charge in [-0.05, 0) is 34.9 Å². The van der Waals surface area contributed by atoms with E-state index in [0.717, 1.165) is 22.4 Å². The van der Waals surface area contributed by atoms with Crippen LogP contribution in [0.3, 0.4) is 0 Å².